The molecule has 4 aromatic rings. The minimum Gasteiger partial charge on any atom is -0.495 e. The summed E-state index contributed by atoms with van der Waals surface area (Å²) in [4.78, 5) is 25.8. The number of anilines is 1. The minimum atomic E-state index is 0.0537. The van der Waals surface area contributed by atoms with Gasteiger partial charge in [0.05, 0.1) is 104 Å². The predicted octanol–water partition coefficient (Wildman–Crippen LogP) is 3.56. The normalized spacial score (nSPS) is 16.1. The molecule has 1 fully saturated rings. The average Bonchev–Trinajstić information content (AvgIpc) is 3.81. The van der Waals surface area contributed by atoms with Crippen LogP contribution in [0.3, 0.4) is 0 Å². The average molecular weight is 756 g/mol. The highest BCUT2D eigenvalue weighted by Crippen LogP contribution is 2.39. The Bertz CT molecular complexity index is 1680. The Hall–Kier alpha value is -3.74. The first-order valence-corrected chi connectivity index (χ1v) is 19.0. The van der Waals surface area contributed by atoms with E-state index < -0.39 is 0 Å². The third kappa shape index (κ3) is 12.4. The number of H-pyrrole nitrogens is 1. The molecule has 16 nitrogen and oxygen atoms in total. The maximum absolute atomic E-state index is 13.0. The number of carbonyl (C=O) groups is 1. The van der Waals surface area contributed by atoms with Crippen molar-refractivity contribution in [1.29, 1.82) is 0 Å². The predicted molar refractivity (Wildman–Crippen MR) is 203 cm³/mol. The van der Waals surface area contributed by atoms with Crippen LogP contribution in [0.5, 0.6) is 5.75 Å². The second-order valence-corrected chi connectivity index (χ2v) is 13.0. The zero-order valence-corrected chi connectivity index (χ0v) is 31.5. The van der Waals surface area contributed by atoms with Crippen LogP contribution in [0.15, 0.2) is 30.6 Å². The molecule has 1 aliphatic rings. The quantitative estimate of drug-likeness (QED) is 0.0711. The van der Waals surface area contributed by atoms with Gasteiger partial charge < -0.3 is 54.3 Å². The van der Waals surface area contributed by atoms with E-state index >= 15 is 0 Å². The maximum atomic E-state index is 13.0. The first-order valence-electron chi connectivity index (χ1n) is 19.0. The zero-order valence-electron chi connectivity index (χ0n) is 31.5. The van der Waals surface area contributed by atoms with E-state index in [2.05, 4.69) is 15.1 Å². The molecule has 0 amide bonds. The van der Waals surface area contributed by atoms with E-state index in [1.54, 1.807) is 7.11 Å². The number of rotatable bonds is 28. The number of aromatic nitrogens is 5. The molecule has 0 spiro atoms. The molecule has 0 radical (unpaired) electrons. The van der Waals surface area contributed by atoms with Crippen molar-refractivity contribution in [2.45, 2.75) is 44.4 Å². The van der Waals surface area contributed by atoms with Gasteiger partial charge in [0.25, 0.3) is 0 Å². The Balaban J connectivity index is 0.887. The number of nitrogen functional groups attached to an aromatic ring is 1. The standard InChI is InChI=1S/C38H57N7O9/c1-47-33-6-2-4-30-26-31(43-34(30)33)35-36-37(40)41-27-42-45(36)38(44-35)29-9-7-28(8-10-29)32(46)5-3-12-48-14-16-50-18-20-52-22-24-54-25-23-53-21-19-51-17-15-49-13-11-39/h2,4,6,26-29,43H,3,5,7-25,39H2,1H3,(H2,40,41,42). The molecule has 0 unspecified atom stereocenters. The van der Waals surface area contributed by atoms with Gasteiger partial charge in [-0.05, 0) is 44.2 Å². The molecular weight excluding hydrogens is 698 g/mol. The van der Waals surface area contributed by atoms with Gasteiger partial charge in [-0.25, -0.2) is 14.5 Å². The third-order valence-electron chi connectivity index (χ3n) is 9.33. The van der Waals surface area contributed by atoms with Crippen molar-refractivity contribution >= 4 is 28.0 Å². The molecule has 1 saturated carbocycles. The van der Waals surface area contributed by atoms with Gasteiger partial charge in [-0.3, -0.25) is 4.79 Å². The van der Waals surface area contributed by atoms with Crippen molar-refractivity contribution < 1.29 is 42.7 Å². The Kier molecular flexibility index (Phi) is 17.8. The van der Waals surface area contributed by atoms with Crippen LogP contribution in [0.1, 0.15) is 50.3 Å². The smallest absolute Gasteiger partial charge is 0.153 e. The second-order valence-electron chi connectivity index (χ2n) is 13.0. The topological polar surface area (TPSA) is 202 Å². The fourth-order valence-corrected chi connectivity index (χ4v) is 6.59. The lowest BCUT2D eigenvalue weighted by atomic mass is 9.79. The summed E-state index contributed by atoms with van der Waals surface area (Å²) in [7, 11) is 1.65. The Labute approximate surface area is 316 Å². The fourth-order valence-electron chi connectivity index (χ4n) is 6.59. The van der Waals surface area contributed by atoms with Gasteiger partial charge >= 0.3 is 0 Å². The van der Waals surface area contributed by atoms with E-state index in [0.717, 1.165) is 53.9 Å². The second kappa shape index (κ2) is 23.2. The van der Waals surface area contributed by atoms with Crippen LogP contribution in [0, 0.1) is 5.92 Å². The van der Waals surface area contributed by atoms with Crippen molar-refractivity contribution in [2.24, 2.45) is 11.7 Å². The van der Waals surface area contributed by atoms with Gasteiger partial charge in [-0.1, -0.05) is 12.1 Å². The Morgan fingerprint density at radius 3 is 1.96 bits per heavy atom. The van der Waals surface area contributed by atoms with Gasteiger partial charge in [0, 0.05) is 36.8 Å². The van der Waals surface area contributed by atoms with Crippen LogP contribution >= 0.6 is 0 Å². The summed E-state index contributed by atoms with van der Waals surface area (Å²) in [6.45, 7) is 7.66. The summed E-state index contributed by atoms with van der Waals surface area (Å²) in [5.74, 6) is 2.49. The highest BCUT2D eigenvalue weighted by atomic mass is 16.6. The van der Waals surface area contributed by atoms with Crippen LogP contribution in [0.25, 0.3) is 27.8 Å². The van der Waals surface area contributed by atoms with Crippen LogP contribution in [0.4, 0.5) is 5.82 Å². The monoisotopic (exact) mass is 755 g/mol. The Morgan fingerprint density at radius 1 is 0.815 bits per heavy atom. The van der Waals surface area contributed by atoms with Crippen molar-refractivity contribution in [2.75, 3.05) is 112 Å². The fraction of sp³-hybridized carbons (Fsp3) is 0.632. The summed E-state index contributed by atoms with van der Waals surface area (Å²) in [5.41, 5.74) is 14.8. The van der Waals surface area contributed by atoms with Gasteiger partial charge in [0.2, 0.25) is 0 Å². The number of hydrogen-bond acceptors (Lipinski definition) is 14. The van der Waals surface area contributed by atoms with Crippen LogP contribution in [-0.2, 0) is 38.0 Å². The number of para-hydroxylation sites is 1. The molecule has 1 aromatic carbocycles. The van der Waals surface area contributed by atoms with Crippen molar-refractivity contribution in [3.63, 3.8) is 0 Å². The van der Waals surface area contributed by atoms with E-state index in [1.807, 2.05) is 28.8 Å². The SMILES string of the molecule is COc1cccc2cc(-c3nc(C4CCC(C(=O)CCCOCCOCCOCCOCCOCCOCCOCCN)CC4)n4ncnc(N)c34)[nH]c12. The molecule has 5 rings (SSSR count). The minimum absolute atomic E-state index is 0.0537. The van der Waals surface area contributed by atoms with E-state index in [-0.39, 0.29) is 11.8 Å². The number of aromatic amines is 1. The number of carbonyl (C=O) groups excluding carboxylic acids is 1. The number of Topliss-reactive ketones (excluding diaryl/α,β-unsaturated/α-hetero) is 1. The van der Waals surface area contributed by atoms with Crippen molar-refractivity contribution in [3.8, 4) is 17.1 Å². The number of benzene rings is 1. The Morgan fingerprint density at radius 2 is 1.39 bits per heavy atom. The number of nitrogens with zero attached hydrogens (tertiary/aromatic N) is 4. The summed E-state index contributed by atoms with van der Waals surface area (Å²) in [6.07, 6.45) is 6.02. The lowest BCUT2D eigenvalue weighted by molar-refractivity contribution is -0.124. The van der Waals surface area contributed by atoms with Gasteiger partial charge in [0.1, 0.15) is 34.9 Å². The molecule has 0 atom stereocenters. The van der Waals surface area contributed by atoms with E-state index in [9.17, 15) is 4.79 Å². The van der Waals surface area contributed by atoms with Gasteiger partial charge in [-0.2, -0.15) is 5.10 Å². The lowest BCUT2D eigenvalue weighted by Crippen LogP contribution is -2.22. The number of methoxy groups -OCH3 is 1. The molecule has 5 N–H and O–H groups in total. The zero-order chi connectivity index (χ0) is 37.8. The van der Waals surface area contributed by atoms with Gasteiger partial charge in [-0.15, -0.1) is 0 Å². The lowest BCUT2D eigenvalue weighted by Gasteiger charge is -2.26. The highest BCUT2D eigenvalue weighted by molar-refractivity contribution is 5.93. The summed E-state index contributed by atoms with van der Waals surface area (Å²) >= 11 is 0. The molecule has 0 saturated heterocycles. The number of ether oxygens (including phenoxy) is 8. The summed E-state index contributed by atoms with van der Waals surface area (Å²) < 4.78 is 45.7. The molecule has 1 aliphatic carbocycles. The molecular formula is C38H57N7O9. The number of hydrogen-bond donors (Lipinski definition) is 3. The maximum Gasteiger partial charge on any atom is 0.153 e. The number of nitrogens with one attached hydrogen (secondary N) is 1. The number of fused-ring (bicyclic) bond motifs is 2. The first-order chi connectivity index (χ1) is 26.6. The van der Waals surface area contributed by atoms with Crippen molar-refractivity contribution in [1.82, 2.24) is 24.6 Å². The molecule has 3 heterocycles. The first kappa shape index (κ1) is 41.4. The highest BCUT2D eigenvalue weighted by Gasteiger charge is 2.31. The van der Waals surface area contributed by atoms with E-state index in [1.165, 1.54) is 6.33 Å². The molecule has 3 aromatic heterocycles. The van der Waals surface area contributed by atoms with Crippen LogP contribution in [0.2, 0.25) is 0 Å². The molecule has 16 heteroatoms. The molecule has 298 valence electrons. The molecule has 0 aliphatic heterocycles. The van der Waals surface area contributed by atoms with E-state index in [4.69, 9.17) is 54.3 Å². The molecule has 0 bridgehead atoms. The largest absolute Gasteiger partial charge is 0.495 e. The van der Waals surface area contributed by atoms with Gasteiger partial charge in [0.15, 0.2) is 5.82 Å². The number of imidazole rings is 1. The number of nitrogens with two attached hydrogens (primary N) is 2. The third-order valence-corrected chi connectivity index (χ3v) is 9.33. The molecule has 54 heavy (non-hydrogen) atoms. The summed E-state index contributed by atoms with van der Waals surface area (Å²) in [5, 5.41) is 5.55. The van der Waals surface area contributed by atoms with Crippen molar-refractivity contribution in [3.05, 3.63) is 36.4 Å². The summed E-state index contributed by atoms with van der Waals surface area (Å²) in [6, 6.07) is 7.94. The number of ketones is 1. The van der Waals surface area contributed by atoms with Crippen LogP contribution < -0.4 is 16.2 Å². The van der Waals surface area contributed by atoms with Crippen LogP contribution in [-0.4, -0.2) is 137 Å². The van der Waals surface area contributed by atoms with E-state index in [0.29, 0.717) is 135 Å².